The highest BCUT2D eigenvalue weighted by atomic mass is 32.1. The van der Waals surface area contributed by atoms with Crippen LogP contribution in [0.2, 0.25) is 0 Å². The number of guanidine groups is 1. The Labute approximate surface area is 114 Å². The lowest BCUT2D eigenvalue weighted by Crippen LogP contribution is -2.38. The van der Waals surface area contributed by atoms with E-state index >= 15 is 0 Å². The van der Waals surface area contributed by atoms with E-state index in [1.54, 1.807) is 11.3 Å². The van der Waals surface area contributed by atoms with Crippen molar-refractivity contribution in [2.75, 3.05) is 20.6 Å². The van der Waals surface area contributed by atoms with Crippen molar-refractivity contribution in [2.24, 2.45) is 4.99 Å². The molecule has 0 saturated heterocycles. The summed E-state index contributed by atoms with van der Waals surface area (Å²) in [5.41, 5.74) is 1.34. The van der Waals surface area contributed by atoms with Gasteiger partial charge < -0.3 is 10.2 Å². The van der Waals surface area contributed by atoms with Gasteiger partial charge in [-0.2, -0.15) is 0 Å². The van der Waals surface area contributed by atoms with Crippen LogP contribution in [0, 0.1) is 6.92 Å². The highest BCUT2D eigenvalue weighted by Gasteiger charge is 2.06. The fourth-order valence-electron chi connectivity index (χ4n) is 1.71. The lowest BCUT2D eigenvalue weighted by Gasteiger charge is -2.21. The van der Waals surface area contributed by atoms with Crippen LogP contribution in [0.15, 0.2) is 29.1 Å². The van der Waals surface area contributed by atoms with Crippen molar-refractivity contribution < 1.29 is 0 Å². The zero-order chi connectivity index (χ0) is 13.4. The van der Waals surface area contributed by atoms with Gasteiger partial charge in [-0.05, 0) is 36.8 Å². The Morgan fingerprint density at radius 2 is 2.39 bits per heavy atom. The summed E-state index contributed by atoms with van der Waals surface area (Å²) in [4.78, 5) is 7.84. The third kappa shape index (κ3) is 4.53. The van der Waals surface area contributed by atoms with E-state index in [1.807, 2.05) is 13.1 Å². The minimum atomic E-state index is 0.849. The second-order valence-corrected chi connectivity index (χ2v) is 5.28. The highest BCUT2D eigenvalue weighted by molar-refractivity contribution is 7.10. The molecule has 4 heteroatoms. The Balaban J connectivity index is 2.42. The quantitative estimate of drug-likeness (QED) is 0.370. The summed E-state index contributed by atoms with van der Waals surface area (Å²) in [5.74, 6) is 0.951. The summed E-state index contributed by atoms with van der Waals surface area (Å²) < 4.78 is 0. The molecule has 0 aliphatic heterocycles. The molecule has 0 spiro atoms. The third-order valence-corrected chi connectivity index (χ3v) is 3.87. The van der Waals surface area contributed by atoms with E-state index in [2.05, 4.69) is 47.2 Å². The van der Waals surface area contributed by atoms with Gasteiger partial charge in [0.05, 0.1) is 6.54 Å². The first-order chi connectivity index (χ1) is 8.69. The predicted octanol–water partition coefficient (Wildman–Crippen LogP) is 3.03. The van der Waals surface area contributed by atoms with Gasteiger partial charge in [-0.25, -0.2) is 0 Å². The van der Waals surface area contributed by atoms with Crippen LogP contribution < -0.4 is 5.32 Å². The molecule has 1 aromatic rings. The van der Waals surface area contributed by atoms with Crippen LogP contribution in [0.5, 0.6) is 0 Å². The molecular formula is C14H23N3S. The van der Waals surface area contributed by atoms with Gasteiger partial charge in [0, 0.05) is 25.5 Å². The molecule has 1 aromatic heterocycles. The molecule has 3 nitrogen and oxygen atoms in total. The number of allylic oxidation sites excluding steroid dienone is 1. The second-order valence-electron chi connectivity index (χ2n) is 4.28. The number of thiophene rings is 1. The van der Waals surface area contributed by atoms with Crippen LogP contribution >= 0.6 is 11.3 Å². The second kappa shape index (κ2) is 7.93. The van der Waals surface area contributed by atoms with Crippen molar-refractivity contribution in [2.45, 2.75) is 26.3 Å². The summed E-state index contributed by atoms with van der Waals surface area (Å²) in [7, 11) is 3.90. The number of unbranched alkanes of at least 4 members (excludes halogenated alkanes) is 1. The van der Waals surface area contributed by atoms with Gasteiger partial charge in [0.1, 0.15) is 0 Å². The van der Waals surface area contributed by atoms with Crippen LogP contribution in [-0.2, 0) is 6.54 Å². The lowest BCUT2D eigenvalue weighted by molar-refractivity contribution is 0.470. The maximum Gasteiger partial charge on any atom is 0.193 e. The van der Waals surface area contributed by atoms with Gasteiger partial charge in [0.2, 0.25) is 0 Å². The average molecular weight is 265 g/mol. The molecule has 0 saturated carbocycles. The number of rotatable bonds is 6. The first-order valence-electron chi connectivity index (χ1n) is 6.24. The molecule has 0 bridgehead atoms. The zero-order valence-corrected chi connectivity index (χ0v) is 12.4. The Morgan fingerprint density at radius 1 is 1.61 bits per heavy atom. The fraction of sp³-hybridized carbons (Fsp3) is 0.500. The molecule has 0 atom stereocenters. The largest absolute Gasteiger partial charge is 0.351 e. The zero-order valence-electron chi connectivity index (χ0n) is 11.6. The maximum absolute atomic E-state index is 4.31. The Hall–Kier alpha value is -1.29. The van der Waals surface area contributed by atoms with Crippen molar-refractivity contribution >= 4 is 17.3 Å². The van der Waals surface area contributed by atoms with Gasteiger partial charge >= 0.3 is 0 Å². The summed E-state index contributed by atoms with van der Waals surface area (Å²) >= 11 is 1.79. The normalized spacial score (nSPS) is 11.4. The molecule has 0 unspecified atom stereocenters. The average Bonchev–Trinajstić information content (AvgIpc) is 2.76. The maximum atomic E-state index is 4.31. The number of hydrogen-bond donors (Lipinski definition) is 1. The van der Waals surface area contributed by atoms with E-state index in [4.69, 9.17) is 0 Å². The molecule has 1 heterocycles. The molecule has 1 rings (SSSR count). The first kappa shape index (κ1) is 14.8. The number of nitrogens with one attached hydrogen (secondary N) is 1. The fourth-order valence-corrected chi connectivity index (χ4v) is 2.55. The van der Waals surface area contributed by atoms with Crippen LogP contribution in [0.25, 0.3) is 0 Å². The number of hydrogen-bond acceptors (Lipinski definition) is 2. The summed E-state index contributed by atoms with van der Waals surface area (Å²) in [6, 6.07) is 2.15. The van der Waals surface area contributed by atoms with Crippen molar-refractivity contribution in [3.63, 3.8) is 0 Å². The van der Waals surface area contributed by atoms with Gasteiger partial charge in [0.25, 0.3) is 0 Å². The van der Waals surface area contributed by atoms with Crippen molar-refractivity contribution in [1.82, 2.24) is 10.2 Å². The molecule has 0 amide bonds. The lowest BCUT2D eigenvalue weighted by atomic mass is 10.3. The molecule has 0 fully saturated rings. The van der Waals surface area contributed by atoms with Crippen molar-refractivity contribution in [3.8, 4) is 0 Å². The molecule has 18 heavy (non-hydrogen) atoms. The van der Waals surface area contributed by atoms with E-state index in [-0.39, 0.29) is 0 Å². The van der Waals surface area contributed by atoms with Gasteiger partial charge in [-0.3, -0.25) is 4.99 Å². The molecule has 0 aliphatic carbocycles. The van der Waals surface area contributed by atoms with Gasteiger partial charge in [-0.1, -0.05) is 6.08 Å². The van der Waals surface area contributed by atoms with Crippen molar-refractivity contribution in [3.05, 3.63) is 34.5 Å². The third-order valence-electron chi connectivity index (χ3n) is 2.85. The summed E-state index contributed by atoms with van der Waals surface area (Å²) in [6.07, 6.45) is 4.11. The van der Waals surface area contributed by atoms with Crippen LogP contribution in [0.4, 0.5) is 0 Å². The first-order valence-corrected chi connectivity index (χ1v) is 7.12. The molecule has 100 valence electrons. The Kier molecular flexibility index (Phi) is 6.50. The van der Waals surface area contributed by atoms with Crippen LogP contribution in [0.1, 0.15) is 23.3 Å². The number of aliphatic imine (C=N–C) groups is 1. The summed E-state index contributed by atoms with van der Waals surface area (Å²) in [5, 5.41) is 5.53. The highest BCUT2D eigenvalue weighted by Crippen LogP contribution is 2.14. The number of nitrogens with zero attached hydrogens (tertiary/aromatic N) is 2. The molecule has 0 radical (unpaired) electrons. The molecular weight excluding hydrogens is 242 g/mol. The standard InChI is InChI=1S/C14H23N3S/c1-5-6-7-9-17(4)14(15-3)16-11-13-12(2)8-10-18-13/h5,8,10H,1,6-7,9,11H2,2-4H3,(H,15,16). The van der Waals surface area contributed by atoms with E-state index in [0.717, 1.165) is 31.9 Å². The van der Waals surface area contributed by atoms with Crippen molar-refractivity contribution in [1.29, 1.82) is 0 Å². The van der Waals surface area contributed by atoms with E-state index in [9.17, 15) is 0 Å². The van der Waals surface area contributed by atoms with E-state index in [0.29, 0.717) is 0 Å². The SMILES string of the molecule is C=CCCCN(C)C(=NC)NCc1sccc1C. The predicted molar refractivity (Wildman–Crippen MR) is 81.3 cm³/mol. The van der Waals surface area contributed by atoms with Crippen LogP contribution in [0.3, 0.4) is 0 Å². The van der Waals surface area contributed by atoms with E-state index in [1.165, 1.54) is 10.4 Å². The Bertz CT molecular complexity index is 395. The monoisotopic (exact) mass is 265 g/mol. The summed E-state index contributed by atoms with van der Waals surface area (Å²) in [6.45, 7) is 7.73. The minimum Gasteiger partial charge on any atom is -0.351 e. The smallest absolute Gasteiger partial charge is 0.193 e. The molecule has 0 aromatic carbocycles. The minimum absolute atomic E-state index is 0.849. The number of aryl methyl sites for hydroxylation is 1. The van der Waals surface area contributed by atoms with Gasteiger partial charge in [-0.15, -0.1) is 17.9 Å². The molecule has 0 aliphatic rings. The molecule has 1 N–H and O–H groups in total. The van der Waals surface area contributed by atoms with E-state index < -0.39 is 0 Å². The van der Waals surface area contributed by atoms with Gasteiger partial charge in [0.15, 0.2) is 5.96 Å². The Morgan fingerprint density at radius 3 is 2.94 bits per heavy atom. The topological polar surface area (TPSA) is 27.6 Å². The van der Waals surface area contributed by atoms with Crippen LogP contribution in [-0.4, -0.2) is 31.5 Å².